The van der Waals surface area contributed by atoms with Crippen LogP contribution in [0.15, 0.2) is 66.7 Å². The molecule has 4 rings (SSSR count). The number of aliphatic hydroxyl groups excluding tert-OH is 2. The number of carbonyl (C=O) groups is 2. The summed E-state index contributed by atoms with van der Waals surface area (Å²) >= 11 is 0. The van der Waals surface area contributed by atoms with Crippen molar-refractivity contribution in [1.82, 2.24) is 5.32 Å². The smallest absolute Gasteiger partial charge is 0.407 e. The highest BCUT2D eigenvalue weighted by atomic mass is 16.5. The second-order valence-electron chi connectivity index (χ2n) is 8.02. The number of benzene rings is 3. The lowest BCUT2D eigenvalue weighted by atomic mass is 9.98. The molecule has 0 fully saturated rings. The van der Waals surface area contributed by atoms with Gasteiger partial charge >= 0.3 is 12.1 Å². The molecule has 0 spiro atoms. The van der Waals surface area contributed by atoms with Gasteiger partial charge in [-0.25, -0.2) is 9.59 Å². The van der Waals surface area contributed by atoms with E-state index in [0.29, 0.717) is 0 Å². The van der Waals surface area contributed by atoms with Gasteiger partial charge in [0.25, 0.3) is 0 Å². The molecule has 4 N–H and O–H groups in total. The Kier molecular flexibility index (Phi) is 6.81. The van der Waals surface area contributed by atoms with E-state index >= 15 is 0 Å². The molecule has 0 saturated carbocycles. The molecular weight excluding hydrogens is 438 g/mol. The van der Waals surface area contributed by atoms with E-state index in [1.165, 1.54) is 25.3 Å². The van der Waals surface area contributed by atoms with Gasteiger partial charge in [0, 0.05) is 12.5 Å². The number of ether oxygens (including phenoxy) is 2. The van der Waals surface area contributed by atoms with E-state index in [0.717, 1.165) is 22.3 Å². The van der Waals surface area contributed by atoms with E-state index in [1.54, 1.807) is 0 Å². The highest BCUT2D eigenvalue weighted by molar-refractivity contribution is 5.88. The Bertz CT molecular complexity index is 1160. The minimum Gasteiger partial charge on any atom is -0.497 e. The van der Waals surface area contributed by atoms with Gasteiger partial charge in [0.1, 0.15) is 24.6 Å². The highest BCUT2D eigenvalue weighted by Gasteiger charge is 2.29. The average molecular weight is 463 g/mol. The van der Waals surface area contributed by atoms with Crippen LogP contribution in [-0.2, 0) is 4.74 Å². The van der Waals surface area contributed by atoms with Gasteiger partial charge in [-0.3, -0.25) is 0 Å². The number of hydrogen-bond donors (Lipinski definition) is 4. The Hall–Kier alpha value is -3.88. The van der Waals surface area contributed by atoms with E-state index in [2.05, 4.69) is 5.32 Å². The molecule has 176 valence electrons. The van der Waals surface area contributed by atoms with Crippen molar-refractivity contribution in [3.63, 3.8) is 0 Å². The minimum absolute atomic E-state index is 0.0925. The van der Waals surface area contributed by atoms with E-state index in [9.17, 15) is 24.9 Å². The van der Waals surface area contributed by atoms with E-state index in [4.69, 9.17) is 9.47 Å². The van der Waals surface area contributed by atoms with Crippen molar-refractivity contribution < 1.29 is 34.4 Å². The van der Waals surface area contributed by atoms with Gasteiger partial charge in [0.15, 0.2) is 0 Å². The quantitative estimate of drug-likeness (QED) is 0.404. The number of methoxy groups -OCH3 is 1. The Morgan fingerprint density at radius 1 is 0.971 bits per heavy atom. The van der Waals surface area contributed by atoms with Gasteiger partial charge in [-0.05, 0) is 46.0 Å². The number of nitrogens with one attached hydrogen (secondary N) is 1. The van der Waals surface area contributed by atoms with Gasteiger partial charge in [-0.1, -0.05) is 48.5 Å². The molecular formula is C26H25NO7. The molecule has 0 aromatic heterocycles. The van der Waals surface area contributed by atoms with Crippen molar-refractivity contribution in [1.29, 1.82) is 0 Å². The van der Waals surface area contributed by atoms with E-state index in [1.807, 2.05) is 48.5 Å². The fraction of sp³-hybridized carbons (Fsp3) is 0.231. The molecule has 0 heterocycles. The monoisotopic (exact) mass is 463 g/mol. The lowest BCUT2D eigenvalue weighted by Crippen LogP contribution is -2.36. The predicted molar refractivity (Wildman–Crippen MR) is 124 cm³/mol. The maximum atomic E-state index is 12.3. The lowest BCUT2D eigenvalue weighted by molar-refractivity contribution is 0.0184. The summed E-state index contributed by atoms with van der Waals surface area (Å²) in [4.78, 5) is 23.6. The summed E-state index contributed by atoms with van der Waals surface area (Å²) < 4.78 is 10.5. The first-order chi connectivity index (χ1) is 16.4. The molecule has 0 saturated heterocycles. The van der Waals surface area contributed by atoms with E-state index < -0.39 is 24.3 Å². The van der Waals surface area contributed by atoms with Gasteiger partial charge in [0.05, 0.1) is 12.7 Å². The summed E-state index contributed by atoms with van der Waals surface area (Å²) in [5.41, 5.74) is 4.46. The molecule has 34 heavy (non-hydrogen) atoms. The molecule has 0 aliphatic heterocycles. The number of fused-ring (bicyclic) bond motifs is 3. The van der Waals surface area contributed by atoms with Crippen molar-refractivity contribution in [3.05, 3.63) is 89.0 Å². The predicted octanol–water partition coefficient (Wildman–Crippen LogP) is 3.33. The normalized spacial score (nSPS) is 14.0. The van der Waals surface area contributed by atoms with Gasteiger partial charge < -0.3 is 30.1 Å². The third kappa shape index (κ3) is 4.73. The molecule has 1 aliphatic carbocycles. The topological polar surface area (TPSA) is 125 Å². The number of amides is 1. The Morgan fingerprint density at radius 3 is 2.18 bits per heavy atom. The molecule has 1 aliphatic rings. The van der Waals surface area contributed by atoms with Gasteiger partial charge in [-0.2, -0.15) is 0 Å². The van der Waals surface area contributed by atoms with Crippen LogP contribution in [0.25, 0.3) is 11.1 Å². The molecule has 8 heteroatoms. The van der Waals surface area contributed by atoms with Crippen LogP contribution >= 0.6 is 0 Å². The van der Waals surface area contributed by atoms with Gasteiger partial charge in [-0.15, -0.1) is 0 Å². The number of carbonyl (C=O) groups excluding carboxylic acids is 1. The highest BCUT2D eigenvalue weighted by Crippen LogP contribution is 2.44. The van der Waals surface area contributed by atoms with Crippen molar-refractivity contribution in [3.8, 4) is 16.9 Å². The Labute approximate surface area is 196 Å². The maximum Gasteiger partial charge on any atom is 0.407 e. The summed E-state index contributed by atoms with van der Waals surface area (Å²) in [5.74, 6) is -1.07. The number of carboxylic acid groups (broad SMARTS) is 1. The van der Waals surface area contributed by atoms with Crippen molar-refractivity contribution in [2.24, 2.45) is 0 Å². The van der Waals surface area contributed by atoms with Crippen molar-refractivity contribution in [2.75, 3.05) is 20.3 Å². The van der Waals surface area contributed by atoms with Crippen LogP contribution in [0.2, 0.25) is 0 Å². The zero-order valence-electron chi connectivity index (χ0n) is 18.5. The van der Waals surface area contributed by atoms with Crippen LogP contribution in [0.4, 0.5) is 4.79 Å². The molecule has 3 aromatic rings. The third-order valence-electron chi connectivity index (χ3n) is 5.92. The molecule has 0 bridgehead atoms. The second-order valence-corrected chi connectivity index (χ2v) is 8.02. The molecule has 1 amide bonds. The second kappa shape index (κ2) is 9.94. The summed E-state index contributed by atoms with van der Waals surface area (Å²) in [7, 11) is 1.37. The van der Waals surface area contributed by atoms with Crippen LogP contribution in [0.3, 0.4) is 0 Å². The minimum atomic E-state index is -1.44. The SMILES string of the molecule is COc1cc(C(=O)O)cc(C(O)C(O)CNC(=O)OCC2c3ccccc3-c3ccccc32)c1. The number of hydrogen-bond acceptors (Lipinski definition) is 6. The summed E-state index contributed by atoms with van der Waals surface area (Å²) in [6.07, 6.45) is -3.57. The third-order valence-corrected chi connectivity index (χ3v) is 5.92. The standard InChI is InChI=1S/C26H25NO7/c1-33-17-11-15(10-16(12-17)25(30)31)24(29)23(28)13-27-26(32)34-14-22-20-8-4-2-6-18(20)19-7-3-5-9-21(19)22/h2-12,22-24,28-29H,13-14H2,1H3,(H,27,32)(H,30,31). The average Bonchev–Trinajstić information content (AvgIpc) is 3.18. The molecule has 2 unspecified atom stereocenters. The zero-order chi connectivity index (χ0) is 24.2. The van der Waals surface area contributed by atoms with Crippen LogP contribution in [-0.4, -0.2) is 53.7 Å². The molecule has 8 nitrogen and oxygen atoms in total. The zero-order valence-corrected chi connectivity index (χ0v) is 18.5. The van der Waals surface area contributed by atoms with Crippen molar-refractivity contribution >= 4 is 12.1 Å². The van der Waals surface area contributed by atoms with Crippen LogP contribution in [0.1, 0.15) is 39.1 Å². The van der Waals surface area contributed by atoms with E-state index in [-0.39, 0.29) is 35.9 Å². The summed E-state index contributed by atoms with van der Waals surface area (Å²) in [5, 5.41) is 32.5. The van der Waals surface area contributed by atoms with Crippen molar-refractivity contribution in [2.45, 2.75) is 18.1 Å². The fourth-order valence-electron chi connectivity index (χ4n) is 4.21. The number of aliphatic hydroxyl groups is 2. The Balaban J connectivity index is 1.36. The summed E-state index contributed by atoms with van der Waals surface area (Å²) in [6.45, 7) is -0.173. The largest absolute Gasteiger partial charge is 0.497 e. The first-order valence-electron chi connectivity index (χ1n) is 10.8. The van der Waals surface area contributed by atoms with Crippen LogP contribution < -0.4 is 10.1 Å². The number of alkyl carbamates (subject to hydrolysis) is 1. The molecule has 2 atom stereocenters. The molecule has 3 aromatic carbocycles. The number of aromatic carboxylic acids is 1. The summed E-state index contributed by atoms with van der Waals surface area (Å²) in [6, 6.07) is 19.9. The first kappa shape index (κ1) is 23.3. The lowest BCUT2D eigenvalue weighted by Gasteiger charge is -2.20. The number of carboxylic acids is 1. The maximum absolute atomic E-state index is 12.3. The number of rotatable bonds is 8. The van der Waals surface area contributed by atoms with Crippen LogP contribution in [0, 0.1) is 0 Å². The van der Waals surface area contributed by atoms with Crippen LogP contribution in [0.5, 0.6) is 5.75 Å². The van der Waals surface area contributed by atoms with Gasteiger partial charge in [0.2, 0.25) is 0 Å². The Morgan fingerprint density at radius 2 is 1.59 bits per heavy atom. The molecule has 0 radical (unpaired) electrons. The fourth-order valence-corrected chi connectivity index (χ4v) is 4.21. The first-order valence-corrected chi connectivity index (χ1v) is 10.8.